The van der Waals surface area contributed by atoms with Crippen molar-refractivity contribution < 1.29 is 14.3 Å². The van der Waals surface area contributed by atoms with E-state index in [1.54, 1.807) is 35.1 Å². The molecule has 0 bridgehead atoms. The summed E-state index contributed by atoms with van der Waals surface area (Å²) in [5.74, 6) is -0.525. The molecule has 0 spiro atoms. The summed E-state index contributed by atoms with van der Waals surface area (Å²) in [7, 11) is 2.96. The molecule has 0 N–H and O–H groups in total. The number of carbonyl (C=O) groups excluding carboxylic acids is 2. The normalized spacial score (nSPS) is 20.1. The van der Waals surface area contributed by atoms with Gasteiger partial charge in [0, 0.05) is 9.81 Å². The molecule has 23 heavy (non-hydrogen) atoms. The van der Waals surface area contributed by atoms with Gasteiger partial charge in [0.15, 0.2) is 0 Å². The zero-order valence-electron chi connectivity index (χ0n) is 11.8. The topological polar surface area (TPSA) is 43.4 Å². The molecule has 0 fully saturated rings. The molecule has 0 saturated carbocycles. The molecule has 0 aliphatic carbocycles. The number of benzene rings is 2. The van der Waals surface area contributed by atoms with Gasteiger partial charge in [0.2, 0.25) is 5.78 Å². The number of fused-ring (bicyclic) bond motifs is 1. The van der Waals surface area contributed by atoms with Crippen molar-refractivity contribution in [3.63, 3.8) is 0 Å². The van der Waals surface area contributed by atoms with Crippen molar-refractivity contribution in [2.24, 2.45) is 0 Å². The molecule has 2 aromatic rings. The Labute approximate surface area is 140 Å². The second-order valence-electron chi connectivity index (χ2n) is 5.00. The Morgan fingerprint density at radius 2 is 1.57 bits per heavy atom. The number of esters is 1. The molecule has 5 heteroatoms. The first-order chi connectivity index (χ1) is 11.2. The lowest BCUT2D eigenvalue weighted by Crippen LogP contribution is -2.25. The molecule has 2 heterocycles. The van der Waals surface area contributed by atoms with Crippen molar-refractivity contribution in [2.45, 2.75) is 0 Å². The minimum absolute atomic E-state index is 0.118. The van der Waals surface area contributed by atoms with E-state index in [-0.39, 0.29) is 11.4 Å². The first kappa shape index (κ1) is 14.4. The van der Waals surface area contributed by atoms with Gasteiger partial charge in [-0.15, -0.1) is 0 Å². The molecule has 4 rings (SSSR count). The summed E-state index contributed by atoms with van der Waals surface area (Å²) in [5, 5.41) is 0. The van der Waals surface area contributed by atoms with Crippen molar-refractivity contribution >= 4 is 38.2 Å². The molecule has 2 aliphatic rings. The van der Waals surface area contributed by atoms with Crippen LogP contribution in [0.5, 0.6) is 5.75 Å². The summed E-state index contributed by atoms with van der Waals surface area (Å²) < 4.78 is 5.30. The average Bonchev–Trinajstić information content (AvgIpc) is 3.05. The van der Waals surface area contributed by atoms with Crippen molar-refractivity contribution in [3.8, 4) is 5.75 Å². The van der Waals surface area contributed by atoms with Crippen LogP contribution in [0.2, 0.25) is 0 Å². The maximum Gasteiger partial charge on any atom is 0.348 e. The van der Waals surface area contributed by atoms with Gasteiger partial charge >= 0.3 is 5.97 Å². The third-order valence-corrected chi connectivity index (χ3v) is 6.00. The van der Waals surface area contributed by atoms with Gasteiger partial charge in [-0.1, -0.05) is 64.1 Å². The number of hydrogen-bond acceptors (Lipinski definition) is 5. The molecule has 0 saturated heterocycles. The smallest absolute Gasteiger partial charge is 0.348 e. The second kappa shape index (κ2) is 5.76. The lowest BCUT2D eigenvalue weighted by atomic mass is 9.99. The fraction of sp³-hybridized carbons (Fsp3) is 0. The van der Waals surface area contributed by atoms with Crippen LogP contribution >= 0.6 is 21.6 Å². The van der Waals surface area contributed by atoms with Crippen LogP contribution in [0.25, 0.3) is 4.91 Å². The predicted octanol–water partition coefficient (Wildman–Crippen LogP) is 4.48. The van der Waals surface area contributed by atoms with Gasteiger partial charge in [-0.25, -0.2) is 4.79 Å². The predicted molar refractivity (Wildman–Crippen MR) is 93.0 cm³/mol. The summed E-state index contributed by atoms with van der Waals surface area (Å²) in [6, 6.07) is 16.7. The molecule has 0 unspecified atom stereocenters. The summed E-state index contributed by atoms with van der Waals surface area (Å²) >= 11 is 0. The molecule has 0 amide bonds. The Morgan fingerprint density at radius 1 is 0.826 bits per heavy atom. The van der Waals surface area contributed by atoms with Gasteiger partial charge in [-0.3, -0.25) is 4.79 Å². The maximum atomic E-state index is 12.6. The first-order valence-corrected chi connectivity index (χ1v) is 9.11. The number of Topliss-reactive ketones (excluding diaryl/α,β-unsaturated/α-hetero) is 1. The average molecular weight is 338 g/mol. The summed E-state index contributed by atoms with van der Waals surface area (Å²) in [5.41, 5.74) is 1.62. The lowest BCUT2D eigenvalue weighted by Gasteiger charge is -2.17. The molecule has 2 aliphatic heterocycles. The summed E-state index contributed by atoms with van der Waals surface area (Å²) in [6.45, 7) is 0. The molecular weight excluding hydrogens is 328 g/mol. The number of ketones is 1. The van der Waals surface area contributed by atoms with Gasteiger partial charge in [-0.2, -0.15) is 0 Å². The largest absolute Gasteiger partial charge is 0.422 e. The fourth-order valence-corrected chi connectivity index (χ4v) is 4.88. The SMILES string of the molecule is O=C1Oc2ccccc2C(=O)/C1=C1\C=C(c2ccccc2)SS1. The molecule has 3 nitrogen and oxygen atoms in total. The molecule has 2 aromatic carbocycles. The van der Waals surface area contributed by atoms with Crippen LogP contribution in [0.1, 0.15) is 15.9 Å². The molecule has 0 radical (unpaired) electrons. The van der Waals surface area contributed by atoms with E-state index in [0.29, 0.717) is 16.2 Å². The van der Waals surface area contributed by atoms with Gasteiger partial charge in [0.25, 0.3) is 0 Å². The Balaban J connectivity index is 1.78. The fourth-order valence-electron chi connectivity index (χ4n) is 2.44. The number of ether oxygens (including phenoxy) is 1. The highest BCUT2D eigenvalue weighted by Crippen LogP contribution is 2.51. The van der Waals surface area contributed by atoms with Crippen LogP contribution in [-0.2, 0) is 4.79 Å². The quantitative estimate of drug-likeness (QED) is 0.252. The van der Waals surface area contributed by atoms with Crippen LogP contribution in [0, 0.1) is 0 Å². The zero-order chi connectivity index (χ0) is 15.8. The highest BCUT2D eigenvalue weighted by molar-refractivity contribution is 8.82. The van der Waals surface area contributed by atoms with E-state index in [1.807, 2.05) is 36.4 Å². The highest BCUT2D eigenvalue weighted by Gasteiger charge is 2.34. The Morgan fingerprint density at radius 3 is 2.39 bits per heavy atom. The maximum absolute atomic E-state index is 12.6. The number of hydrogen-bond donors (Lipinski definition) is 0. The molecule has 0 atom stereocenters. The number of allylic oxidation sites excluding steroid dienone is 1. The van der Waals surface area contributed by atoms with E-state index >= 15 is 0 Å². The highest BCUT2D eigenvalue weighted by atomic mass is 33.1. The van der Waals surface area contributed by atoms with E-state index in [0.717, 1.165) is 10.5 Å². The van der Waals surface area contributed by atoms with Crippen LogP contribution in [0.3, 0.4) is 0 Å². The third kappa shape index (κ3) is 2.52. The van der Waals surface area contributed by atoms with Crippen LogP contribution in [0.4, 0.5) is 0 Å². The van der Waals surface area contributed by atoms with E-state index in [2.05, 4.69) is 0 Å². The summed E-state index contributed by atoms with van der Waals surface area (Å²) in [4.78, 5) is 26.6. The lowest BCUT2D eigenvalue weighted by molar-refractivity contribution is -0.130. The Bertz CT molecular complexity index is 882. The minimum Gasteiger partial charge on any atom is -0.422 e. The summed E-state index contributed by atoms with van der Waals surface area (Å²) in [6.07, 6.45) is 1.88. The van der Waals surface area contributed by atoms with Crippen LogP contribution in [0.15, 0.2) is 71.2 Å². The second-order valence-corrected chi connectivity index (χ2v) is 7.21. The number of carbonyl (C=O) groups is 2. The number of rotatable bonds is 1. The Kier molecular flexibility index (Phi) is 3.59. The van der Waals surface area contributed by atoms with E-state index in [9.17, 15) is 9.59 Å². The van der Waals surface area contributed by atoms with Gasteiger partial charge in [0.1, 0.15) is 11.3 Å². The molecule has 112 valence electrons. The van der Waals surface area contributed by atoms with Crippen molar-refractivity contribution in [1.82, 2.24) is 0 Å². The van der Waals surface area contributed by atoms with Crippen molar-refractivity contribution in [1.29, 1.82) is 0 Å². The third-order valence-electron chi connectivity index (χ3n) is 3.55. The van der Waals surface area contributed by atoms with E-state index < -0.39 is 5.97 Å². The van der Waals surface area contributed by atoms with E-state index in [1.165, 1.54) is 10.8 Å². The van der Waals surface area contributed by atoms with Crippen molar-refractivity contribution in [3.05, 3.63) is 82.3 Å². The zero-order valence-corrected chi connectivity index (χ0v) is 13.4. The molecule has 0 aromatic heterocycles. The molecular formula is C18H10O3S2. The van der Waals surface area contributed by atoms with Crippen molar-refractivity contribution in [2.75, 3.05) is 0 Å². The van der Waals surface area contributed by atoms with Crippen LogP contribution in [-0.4, -0.2) is 11.8 Å². The monoisotopic (exact) mass is 338 g/mol. The first-order valence-electron chi connectivity index (χ1n) is 6.96. The Hall–Kier alpha value is -2.24. The van der Waals surface area contributed by atoms with E-state index in [4.69, 9.17) is 4.74 Å². The van der Waals surface area contributed by atoms with Gasteiger partial charge < -0.3 is 4.74 Å². The van der Waals surface area contributed by atoms with Gasteiger partial charge in [0.05, 0.1) is 5.56 Å². The standard InChI is InChI=1S/C18H10O3S2/c19-17-12-8-4-5-9-13(12)21-18(20)16(17)15-10-14(22-23-15)11-6-2-1-3-7-11/h1-10H/b16-15-. The van der Waals surface area contributed by atoms with Gasteiger partial charge in [-0.05, 0) is 23.8 Å². The minimum atomic E-state index is -0.581. The van der Waals surface area contributed by atoms with Crippen LogP contribution < -0.4 is 4.74 Å². The number of para-hydroxylation sites is 1.